The maximum atomic E-state index is 12.5. The van der Waals surface area contributed by atoms with Gasteiger partial charge in [0.05, 0.1) is 11.1 Å². The van der Waals surface area contributed by atoms with Crippen molar-refractivity contribution >= 4 is 28.3 Å². The Morgan fingerprint density at radius 3 is 2.55 bits per heavy atom. The van der Waals surface area contributed by atoms with Crippen LogP contribution in [-0.4, -0.2) is 29.5 Å². The molecule has 0 bridgehead atoms. The number of hydrogen-bond donors (Lipinski definition) is 1. The van der Waals surface area contributed by atoms with E-state index in [0.29, 0.717) is 33.2 Å². The molecule has 0 aliphatic carbocycles. The maximum Gasteiger partial charge on any atom is 0.349 e. The fourth-order valence-electron chi connectivity index (χ4n) is 3.68. The van der Waals surface area contributed by atoms with Gasteiger partial charge in [0.1, 0.15) is 5.82 Å². The van der Waals surface area contributed by atoms with E-state index in [4.69, 9.17) is 21.6 Å². The predicted molar refractivity (Wildman–Crippen MR) is 121 cm³/mol. The zero-order chi connectivity index (χ0) is 21.8. The molecular formula is C23H19ClN6O. The number of aromatic amines is 1. The van der Waals surface area contributed by atoms with Crippen LogP contribution < -0.4 is 5.69 Å². The number of pyridine rings is 2. The summed E-state index contributed by atoms with van der Waals surface area (Å²) < 4.78 is 1.52. The van der Waals surface area contributed by atoms with Gasteiger partial charge < -0.3 is 0 Å². The Kier molecular flexibility index (Phi) is 4.37. The number of H-pyrrole nitrogens is 1. The highest BCUT2D eigenvalue weighted by molar-refractivity contribution is 6.33. The topological polar surface area (TPSA) is 88.8 Å². The highest BCUT2D eigenvalue weighted by atomic mass is 35.5. The summed E-state index contributed by atoms with van der Waals surface area (Å²) in [6, 6.07) is 13.3. The summed E-state index contributed by atoms with van der Waals surface area (Å²) in [6.45, 7) is 6.00. The van der Waals surface area contributed by atoms with Crippen LogP contribution >= 0.6 is 11.6 Å². The lowest BCUT2D eigenvalue weighted by Gasteiger charge is -2.20. The van der Waals surface area contributed by atoms with Gasteiger partial charge in [0.15, 0.2) is 11.3 Å². The van der Waals surface area contributed by atoms with Gasteiger partial charge in [-0.15, -0.1) is 0 Å². The second-order valence-electron chi connectivity index (χ2n) is 8.35. The summed E-state index contributed by atoms with van der Waals surface area (Å²) in [6.07, 6.45) is 3.49. The Labute approximate surface area is 182 Å². The number of halogens is 1. The van der Waals surface area contributed by atoms with Crippen LogP contribution in [0.2, 0.25) is 5.02 Å². The fraction of sp³-hybridized carbons (Fsp3) is 0.174. The zero-order valence-electron chi connectivity index (χ0n) is 17.2. The highest BCUT2D eigenvalue weighted by Gasteiger charge is 2.25. The number of nitrogens with zero attached hydrogens (tertiary/aromatic N) is 5. The van der Waals surface area contributed by atoms with Gasteiger partial charge >= 0.3 is 5.69 Å². The van der Waals surface area contributed by atoms with Gasteiger partial charge in [-0.05, 0) is 18.2 Å². The molecule has 1 N–H and O–H groups in total. The molecule has 4 aromatic heterocycles. The van der Waals surface area contributed by atoms with E-state index in [2.05, 4.69) is 15.2 Å². The maximum absolute atomic E-state index is 12.5. The molecular weight excluding hydrogens is 412 g/mol. The normalized spacial score (nSPS) is 12.0. The Balaban J connectivity index is 1.95. The van der Waals surface area contributed by atoms with Gasteiger partial charge in [0, 0.05) is 39.5 Å². The molecule has 0 aliphatic heterocycles. The van der Waals surface area contributed by atoms with Crippen LogP contribution in [-0.2, 0) is 5.41 Å². The SMILES string of the molecule is CC(C)(C)c1nc2nc(-c3ccccc3Cl)c(-c3cccnc3)cc2c2n[nH]c(=O)n12. The molecule has 0 atom stereocenters. The molecule has 0 amide bonds. The summed E-state index contributed by atoms with van der Waals surface area (Å²) in [5.41, 5.74) is 3.46. The lowest BCUT2D eigenvalue weighted by molar-refractivity contribution is 0.535. The van der Waals surface area contributed by atoms with Gasteiger partial charge in [-0.2, -0.15) is 5.10 Å². The fourth-order valence-corrected chi connectivity index (χ4v) is 3.91. The van der Waals surface area contributed by atoms with E-state index in [0.717, 1.165) is 16.7 Å². The van der Waals surface area contributed by atoms with Gasteiger partial charge in [-0.25, -0.2) is 24.3 Å². The molecule has 0 aliphatic rings. The third kappa shape index (κ3) is 3.18. The van der Waals surface area contributed by atoms with Crippen molar-refractivity contribution in [2.24, 2.45) is 0 Å². The summed E-state index contributed by atoms with van der Waals surface area (Å²) in [4.78, 5) is 26.5. The van der Waals surface area contributed by atoms with Crippen LogP contribution in [0.3, 0.4) is 0 Å². The number of hydrogen-bond acceptors (Lipinski definition) is 5. The number of nitrogens with one attached hydrogen (secondary N) is 1. The lowest BCUT2D eigenvalue weighted by atomic mass is 9.95. The number of benzene rings is 1. The summed E-state index contributed by atoms with van der Waals surface area (Å²) in [5.74, 6) is 0.584. The highest BCUT2D eigenvalue weighted by Crippen LogP contribution is 2.37. The Morgan fingerprint density at radius 1 is 1.03 bits per heavy atom. The van der Waals surface area contributed by atoms with Crippen molar-refractivity contribution < 1.29 is 0 Å². The van der Waals surface area contributed by atoms with E-state index in [1.165, 1.54) is 4.40 Å². The molecule has 0 saturated carbocycles. The summed E-state index contributed by atoms with van der Waals surface area (Å²) >= 11 is 6.53. The van der Waals surface area contributed by atoms with Crippen molar-refractivity contribution in [3.8, 4) is 22.4 Å². The largest absolute Gasteiger partial charge is 0.349 e. The first-order valence-electron chi connectivity index (χ1n) is 9.82. The van der Waals surface area contributed by atoms with E-state index < -0.39 is 5.41 Å². The van der Waals surface area contributed by atoms with Crippen molar-refractivity contribution in [1.29, 1.82) is 0 Å². The Morgan fingerprint density at radius 2 is 1.84 bits per heavy atom. The molecule has 154 valence electrons. The first kappa shape index (κ1) is 19.4. The van der Waals surface area contributed by atoms with Crippen molar-refractivity contribution in [3.63, 3.8) is 0 Å². The van der Waals surface area contributed by atoms with Crippen LogP contribution in [0.1, 0.15) is 26.6 Å². The number of fused-ring (bicyclic) bond motifs is 3. The standard InChI is InChI=1S/C23H19ClN6O/c1-23(2,3)21-27-19-16(20-28-29-22(31)30(20)21)11-15(13-7-6-10-25-12-13)18(26-19)14-8-4-5-9-17(14)24/h4-12H,1-3H3,(H,29,31). The summed E-state index contributed by atoms with van der Waals surface area (Å²) in [5, 5.41) is 8.09. The average Bonchev–Trinajstić information content (AvgIpc) is 3.14. The molecule has 4 heterocycles. The van der Waals surface area contributed by atoms with Crippen LogP contribution in [0.25, 0.3) is 39.1 Å². The van der Waals surface area contributed by atoms with Crippen molar-refractivity contribution in [3.05, 3.63) is 76.2 Å². The second kappa shape index (κ2) is 6.99. The van der Waals surface area contributed by atoms with E-state index >= 15 is 0 Å². The molecule has 7 nitrogen and oxygen atoms in total. The Hall–Kier alpha value is -3.58. The first-order valence-corrected chi connectivity index (χ1v) is 10.2. The minimum Gasteiger partial charge on any atom is -0.264 e. The van der Waals surface area contributed by atoms with E-state index in [9.17, 15) is 4.79 Å². The molecule has 0 fully saturated rings. The van der Waals surface area contributed by atoms with Gasteiger partial charge in [-0.3, -0.25) is 4.98 Å². The third-order valence-corrected chi connectivity index (χ3v) is 5.44. The minimum absolute atomic E-state index is 0.326. The van der Waals surface area contributed by atoms with E-state index in [1.54, 1.807) is 12.4 Å². The van der Waals surface area contributed by atoms with E-state index in [-0.39, 0.29) is 5.69 Å². The first-order chi connectivity index (χ1) is 14.8. The Bertz CT molecular complexity index is 1500. The molecule has 5 aromatic rings. The average molecular weight is 431 g/mol. The van der Waals surface area contributed by atoms with Crippen molar-refractivity contribution in [2.45, 2.75) is 26.2 Å². The van der Waals surface area contributed by atoms with Gasteiger partial charge in [0.25, 0.3) is 0 Å². The monoisotopic (exact) mass is 430 g/mol. The quantitative estimate of drug-likeness (QED) is 0.440. The van der Waals surface area contributed by atoms with Crippen LogP contribution in [0.5, 0.6) is 0 Å². The minimum atomic E-state index is -0.394. The van der Waals surface area contributed by atoms with Crippen LogP contribution in [0.4, 0.5) is 0 Å². The smallest absolute Gasteiger partial charge is 0.264 e. The summed E-state index contributed by atoms with van der Waals surface area (Å²) in [7, 11) is 0. The zero-order valence-corrected chi connectivity index (χ0v) is 18.0. The second-order valence-corrected chi connectivity index (χ2v) is 8.76. The molecule has 1 aromatic carbocycles. The molecule has 0 spiro atoms. The van der Waals surface area contributed by atoms with E-state index in [1.807, 2.05) is 63.2 Å². The van der Waals surface area contributed by atoms with Gasteiger partial charge in [0.2, 0.25) is 0 Å². The molecule has 8 heteroatoms. The molecule has 5 rings (SSSR count). The van der Waals surface area contributed by atoms with Crippen LogP contribution in [0, 0.1) is 0 Å². The molecule has 0 unspecified atom stereocenters. The third-order valence-electron chi connectivity index (χ3n) is 5.11. The molecule has 0 radical (unpaired) electrons. The molecule has 0 saturated heterocycles. The van der Waals surface area contributed by atoms with Crippen molar-refractivity contribution in [1.82, 2.24) is 29.5 Å². The lowest BCUT2D eigenvalue weighted by Crippen LogP contribution is -2.25. The van der Waals surface area contributed by atoms with Crippen molar-refractivity contribution in [2.75, 3.05) is 0 Å². The number of aromatic nitrogens is 6. The number of rotatable bonds is 2. The predicted octanol–water partition coefficient (Wildman–Crippen LogP) is 4.65. The molecule has 31 heavy (non-hydrogen) atoms. The van der Waals surface area contributed by atoms with Crippen LogP contribution in [0.15, 0.2) is 59.7 Å². The van der Waals surface area contributed by atoms with Gasteiger partial charge in [-0.1, -0.05) is 56.6 Å².